The van der Waals surface area contributed by atoms with E-state index in [1.165, 1.54) is 0 Å². The summed E-state index contributed by atoms with van der Waals surface area (Å²) in [5.41, 5.74) is 4.17. The van der Waals surface area contributed by atoms with Gasteiger partial charge in [-0.1, -0.05) is 0 Å². The number of nitrogens with zero attached hydrogens (tertiary/aromatic N) is 2. The van der Waals surface area contributed by atoms with Crippen LogP contribution < -0.4 is 5.32 Å². The molecule has 3 N–H and O–H groups in total. The number of hydrogen-bond acceptors (Lipinski definition) is 3. The lowest BCUT2D eigenvalue weighted by molar-refractivity contribution is 0.0946. The van der Waals surface area contributed by atoms with Crippen LogP contribution in [-0.2, 0) is 6.54 Å². The van der Waals surface area contributed by atoms with Crippen molar-refractivity contribution in [2.45, 2.75) is 27.3 Å². The molecule has 0 saturated carbocycles. The average molecular weight is 233 g/mol. The van der Waals surface area contributed by atoms with Gasteiger partial charge in [0.15, 0.2) is 0 Å². The summed E-state index contributed by atoms with van der Waals surface area (Å²) < 4.78 is 0. The second-order valence-corrected chi connectivity index (χ2v) is 4.03. The lowest BCUT2D eigenvalue weighted by Crippen LogP contribution is -2.23. The Balaban J connectivity index is 2.02. The molecule has 2 aromatic rings. The van der Waals surface area contributed by atoms with Crippen LogP contribution in [0.1, 0.15) is 33.1 Å². The van der Waals surface area contributed by atoms with E-state index in [0.717, 1.165) is 22.6 Å². The lowest BCUT2D eigenvalue weighted by atomic mass is 10.2. The number of amides is 1. The van der Waals surface area contributed by atoms with E-state index >= 15 is 0 Å². The van der Waals surface area contributed by atoms with Crippen LogP contribution in [0, 0.1) is 20.8 Å². The highest BCUT2D eigenvalue weighted by molar-refractivity contribution is 5.92. The van der Waals surface area contributed by atoms with Crippen molar-refractivity contribution in [1.82, 2.24) is 25.7 Å². The topological polar surface area (TPSA) is 86.5 Å². The van der Waals surface area contributed by atoms with Crippen LogP contribution in [-0.4, -0.2) is 26.3 Å². The van der Waals surface area contributed by atoms with Crippen molar-refractivity contribution >= 4 is 5.91 Å². The van der Waals surface area contributed by atoms with Crippen molar-refractivity contribution in [3.8, 4) is 0 Å². The average Bonchev–Trinajstić information content (AvgIpc) is 2.84. The zero-order valence-corrected chi connectivity index (χ0v) is 10.1. The molecule has 0 saturated heterocycles. The molecule has 2 aromatic heterocycles. The molecule has 0 aromatic carbocycles. The molecule has 0 aliphatic carbocycles. The number of aromatic amines is 2. The van der Waals surface area contributed by atoms with E-state index in [9.17, 15) is 4.79 Å². The summed E-state index contributed by atoms with van der Waals surface area (Å²) in [6.45, 7) is 6.15. The van der Waals surface area contributed by atoms with Crippen LogP contribution in [0.15, 0.2) is 6.07 Å². The van der Waals surface area contributed by atoms with Crippen LogP contribution in [0.4, 0.5) is 0 Å². The minimum Gasteiger partial charge on any atom is -0.346 e. The Morgan fingerprint density at radius 1 is 1.29 bits per heavy atom. The number of carbonyl (C=O) groups is 1. The zero-order chi connectivity index (χ0) is 12.4. The Morgan fingerprint density at radius 3 is 2.59 bits per heavy atom. The zero-order valence-electron chi connectivity index (χ0n) is 10.1. The molecule has 0 radical (unpaired) electrons. The third-order valence-electron chi connectivity index (χ3n) is 2.65. The number of rotatable bonds is 3. The predicted octanol–water partition coefficient (Wildman–Crippen LogP) is 0.988. The third kappa shape index (κ3) is 2.35. The van der Waals surface area contributed by atoms with Gasteiger partial charge < -0.3 is 5.32 Å². The smallest absolute Gasteiger partial charge is 0.272 e. The molecule has 1 amide bonds. The molecule has 17 heavy (non-hydrogen) atoms. The monoisotopic (exact) mass is 233 g/mol. The van der Waals surface area contributed by atoms with E-state index in [2.05, 4.69) is 25.7 Å². The number of aryl methyl sites for hydroxylation is 3. The fourth-order valence-corrected chi connectivity index (χ4v) is 1.63. The van der Waals surface area contributed by atoms with E-state index in [1.54, 1.807) is 6.07 Å². The highest BCUT2D eigenvalue weighted by atomic mass is 16.1. The largest absolute Gasteiger partial charge is 0.346 e. The Bertz CT molecular complexity index is 520. The number of carbonyl (C=O) groups excluding carboxylic acids is 1. The molecule has 0 bridgehead atoms. The standard InChI is InChI=1S/C11H15N5O/c1-6-4-10(16-13-6)11(17)12-5-9-7(2)14-15-8(9)3/h4H,5H2,1-3H3,(H,12,17)(H,13,16)(H,14,15). The van der Waals surface area contributed by atoms with Crippen LogP contribution in [0.5, 0.6) is 0 Å². The lowest BCUT2D eigenvalue weighted by Gasteiger charge is -2.03. The molecule has 0 atom stereocenters. The molecule has 0 aliphatic heterocycles. The molecular weight excluding hydrogens is 218 g/mol. The molecule has 0 spiro atoms. The van der Waals surface area contributed by atoms with Gasteiger partial charge in [-0.05, 0) is 26.8 Å². The third-order valence-corrected chi connectivity index (χ3v) is 2.65. The van der Waals surface area contributed by atoms with Gasteiger partial charge in [0.2, 0.25) is 0 Å². The van der Waals surface area contributed by atoms with Gasteiger partial charge in [-0.3, -0.25) is 15.0 Å². The first-order chi connectivity index (χ1) is 8.08. The van der Waals surface area contributed by atoms with Gasteiger partial charge in [0.1, 0.15) is 5.69 Å². The minimum absolute atomic E-state index is 0.186. The van der Waals surface area contributed by atoms with Crippen molar-refractivity contribution in [3.05, 3.63) is 34.4 Å². The molecule has 0 unspecified atom stereocenters. The summed E-state index contributed by atoms with van der Waals surface area (Å²) in [7, 11) is 0. The van der Waals surface area contributed by atoms with E-state index in [-0.39, 0.29) is 5.91 Å². The summed E-state index contributed by atoms with van der Waals surface area (Å²) >= 11 is 0. The second kappa shape index (κ2) is 4.40. The van der Waals surface area contributed by atoms with Gasteiger partial charge >= 0.3 is 0 Å². The van der Waals surface area contributed by atoms with Gasteiger partial charge in [-0.25, -0.2) is 0 Å². The normalized spacial score (nSPS) is 10.5. The van der Waals surface area contributed by atoms with E-state index in [1.807, 2.05) is 20.8 Å². The molecule has 90 valence electrons. The minimum atomic E-state index is -0.186. The van der Waals surface area contributed by atoms with Gasteiger partial charge in [0.05, 0.1) is 5.69 Å². The summed E-state index contributed by atoms with van der Waals surface area (Å²) in [5, 5.41) is 16.4. The van der Waals surface area contributed by atoms with Crippen LogP contribution in [0.2, 0.25) is 0 Å². The molecular formula is C11H15N5O. The van der Waals surface area contributed by atoms with E-state index < -0.39 is 0 Å². The maximum Gasteiger partial charge on any atom is 0.272 e. The number of hydrogen-bond donors (Lipinski definition) is 3. The van der Waals surface area contributed by atoms with E-state index in [0.29, 0.717) is 12.2 Å². The highest BCUT2D eigenvalue weighted by Gasteiger charge is 2.11. The predicted molar refractivity (Wildman–Crippen MR) is 62.6 cm³/mol. The van der Waals surface area contributed by atoms with Crippen molar-refractivity contribution in [2.24, 2.45) is 0 Å². The fraction of sp³-hybridized carbons (Fsp3) is 0.364. The van der Waals surface area contributed by atoms with Crippen molar-refractivity contribution in [1.29, 1.82) is 0 Å². The Morgan fingerprint density at radius 2 is 2.06 bits per heavy atom. The Labute approximate surface area is 98.8 Å². The second-order valence-electron chi connectivity index (χ2n) is 4.03. The fourth-order valence-electron chi connectivity index (χ4n) is 1.63. The number of nitrogens with one attached hydrogen (secondary N) is 3. The van der Waals surface area contributed by atoms with Gasteiger partial charge in [0.25, 0.3) is 5.91 Å². The van der Waals surface area contributed by atoms with Crippen molar-refractivity contribution < 1.29 is 4.79 Å². The maximum atomic E-state index is 11.8. The first kappa shape index (κ1) is 11.4. The first-order valence-electron chi connectivity index (χ1n) is 5.38. The van der Waals surface area contributed by atoms with Crippen LogP contribution in [0.25, 0.3) is 0 Å². The summed E-state index contributed by atoms with van der Waals surface area (Å²) in [6, 6.07) is 1.71. The Hall–Kier alpha value is -2.11. The SMILES string of the molecule is Cc1cc(C(=O)NCc2c(C)n[nH]c2C)n[nH]1. The number of aromatic nitrogens is 4. The molecule has 2 heterocycles. The quantitative estimate of drug-likeness (QED) is 0.738. The first-order valence-corrected chi connectivity index (χ1v) is 5.38. The van der Waals surface area contributed by atoms with Gasteiger partial charge in [-0.2, -0.15) is 10.2 Å². The molecule has 6 nitrogen and oxygen atoms in total. The van der Waals surface area contributed by atoms with Crippen LogP contribution in [0.3, 0.4) is 0 Å². The van der Waals surface area contributed by atoms with E-state index in [4.69, 9.17) is 0 Å². The van der Waals surface area contributed by atoms with Gasteiger partial charge in [-0.15, -0.1) is 0 Å². The van der Waals surface area contributed by atoms with Crippen molar-refractivity contribution in [2.75, 3.05) is 0 Å². The molecule has 6 heteroatoms. The summed E-state index contributed by atoms with van der Waals surface area (Å²) in [4.78, 5) is 11.8. The summed E-state index contributed by atoms with van der Waals surface area (Å²) in [6.07, 6.45) is 0. The molecule has 0 fully saturated rings. The maximum absolute atomic E-state index is 11.8. The number of H-pyrrole nitrogens is 2. The summed E-state index contributed by atoms with van der Waals surface area (Å²) in [5.74, 6) is -0.186. The molecule has 2 rings (SSSR count). The highest BCUT2D eigenvalue weighted by Crippen LogP contribution is 2.08. The molecule has 0 aliphatic rings. The van der Waals surface area contributed by atoms with Crippen molar-refractivity contribution in [3.63, 3.8) is 0 Å². The van der Waals surface area contributed by atoms with Crippen LogP contribution >= 0.6 is 0 Å². The Kier molecular flexibility index (Phi) is 2.95. The van der Waals surface area contributed by atoms with Gasteiger partial charge in [0, 0.05) is 23.5 Å².